The number of carbonyl (C=O) groups is 2. The Balaban J connectivity index is 3.80. The lowest BCUT2D eigenvalue weighted by Gasteiger charge is -2.23. The summed E-state index contributed by atoms with van der Waals surface area (Å²) in [5.74, 6) is 2.20. The minimum absolute atomic E-state index is 0.00298. The van der Waals surface area contributed by atoms with Crippen LogP contribution in [0.2, 0.25) is 0 Å². The van der Waals surface area contributed by atoms with Crippen LogP contribution in [-0.4, -0.2) is 22.3 Å². The summed E-state index contributed by atoms with van der Waals surface area (Å²) in [6.07, 6.45) is 11.6. The Morgan fingerprint density at radius 3 is 1.78 bits per heavy atom. The third kappa shape index (κ3) is 17.1. The molecule has 0 aromatic heterocycles. The zero-order valence-corrected chi connectivity index (χ0v) is 19.0. The van der Waals surface area contributed by atoms with Gasteiger partial charge in [-0.2, -0.15) is 0 Å². The molecule has 3 nitrogen and oxygen atoms in total. The first-order valence-electron chi connectivity index (χ1n) is 11.3. The van der Waals surface area contributed by atoms with Crippen LogP contribution in [-0.2, 0) is 9.59 Å². The van der Waals surface area contributed by atoms with E-state index >= 15 is 0 Å². The number of hydrogen-bond acceptors (Lipinski definition) is 3. The van der Waals surface area contributed by atoms with E-state index in [0.717, 1.165) is 31.1 Å². The maximum Gasteiger partial charge on any atom is 0.140 e. The summed E-state index contributed by atoms with van der Waals surface area (Å²) in [5, 5.41) is 10.4. The van der Waals surface area contributed by atoms with Crippen molar-refractivity contribution in [2.24, 2.45) is 17.8 Å². The number of carbonyl (C=O) groups excluding carboxylic acids is 2. The Kier molecular flexibility index (Phi) is 13.9. The van der Waals surface area contributed by atoms with Crippen LogP contribution >= 0.6 is 0 Å². The highest BCUT2D eigenvalue weighted by molar-refractivity contribution is 5.97. The molecule has 0 fully saturated rings. The van der Waals surface area contributed by atoms with Crippen molar-refractivity contribution in [3.8, 4) is 0 Å². The van der Waals surface area contributed by atoms with Crippen molar-refractivity contribution in [2.45, 2.75) is 124 Å². The van der Waals surface area contributed by atoms with E-state index in [0.29, 0.717) is 18.8 Å². The Hall–Kier alpha value is -0.700. The lowest BCUT2D eigenvalue weighted by Crippen LogP contribution is -2.25. The zero-order chi connectivity index (χ0) is 20.9. The van der Waals surface area contributed by atoms with Gasteiger partial charge in [0.25, 0.3) is 0 Å². The van der Waals surface area contributed by atoms with Crippen LogP contribution in [0.3, 0.4) is 0 Å². The molecule has 3 atom stereocenters. The Morgan fingerprint density at radius 1 is 0.815 bits per heavy atom. The highest BCUT2D eigenvalue weighted by Crippen LogP contribution is 2.25. The van der Waals surface area contributed by atoms with Gasteiger partial charge in [-0.25, -0.2) is 0 Å². The summed E-state index contributed by atoms with van der Waals surface area (Å²) in [5.41, 5.74) is -0.795. The molecular formula is C24H46O3. The molecule has 0 saturated heterocycles. The smallest absolute Gasteiger partial charge is 0.140 e. The summed E-state index contributed by atoms with van der Waals surface area (Å²) in [4.78, 5) is 22.6. The molecule has 0 bridgehead atoms. The van der Waals surface area contributed by atoms with Crippen molar-refractivity contribution in [1.82, 2.24) is 0 Å². The predicted octanol–water partition coefficient (Wildman–Crippen LogP) is 6.50. The monoisotopic (exact) mass is 382 g/mol. The molecule has 0 aliphatic rings. The lowest BCUT2D eigenvalue weighted by atomic mass is 9.88. The molecule has 0 aliphatic carbocycles. The van der Waals surface area contributed by atoms with E-state index in [-0.39, 0.29) is 18.0 Å². The van der Waals surface area contributed by atoms with E-state index in [4.69, 9.17) is 0 Å². The molecule has 3 unspecified atom stereocenters. The van der Waals surface area contributed by atoms with E-state index in [1.54, 1.807) is 0 Å². The van der Waals surface area contributed by atoms with Crippen LogP contribution in [0.4, 0.5) is 0 Å². The van der Waals surface area contributed by atoms with E-state index in [9.17, 15) is 14.7 Å². The van der Waals surface area contributed by atoms with Gasteiger partial charge in [0.2, 0.25) is 0 Å². The topological polar surface area (TPSA) is 54.4 Å². The van der Waals surface area contributed by atoms with Crippen LogP contribution in [0.1, 0.15) is 119 Å². The fraction of sp³-hybridized carbons (Fsp3) is 0.917. The van der Waals surface area contributed by atoms with Crippen LogP contribution < -0.4 is 0 Å². The minimum Gasteiger partial charge on any atom is -0.390 e. The van der Waals surface area contributed by atoms with Gasteiger partial charge in [0.15, 0.2) is 0 Å². The molecule has 0 saturated carbocycles. The van der Waals surface area contributed by atoms with Crippen molar-refractivity contribution < 1.29 is 14.7 Å². The van der Waals surface area contributed by atoms with Crippen molar-refractivity contribution in [3.05, 3.63) is 0 Å². The molecule has 0 spiro atoms. The summed E-state index contributed by atoms with van der Waals surface area (Å²) < 4.78 is 0. The Morgan fingerprint density at radius 2 is 1.30 bits per heavy atom. The molecular weight excluding hydrogens is 336 g/mol. The second kappa shape index (κ2) is 14.3. The number of ketones is 2. The average Bonchev–Trinajstić information content (AvgIpc) is 2.52. The van der Waals surface area contributed by atoms with Crippen molar-refractivity contribution >= 4 is 11.6 Å². The van der Waals surface area contributed by atoms with Gasteiger partial charge in [-0.15, -0.1) is 0 Å². The van der Waals surface area contributed by atoms with Gasteiger partial charge in [0.1, 0.15) is 11.6 Å². The molecule has 0 heterocycles. The van der Waals surface area contributed by atoms with Crippen molar-refractivity contribution in [2.75, 3.05) is 0 Å². The maximum atomic E-state index is 11.6. The van der Waals surface area contributed by atoms with Gasteiger partial charge in [0, 0.05) is 6.42 Å². The Labute approximate surface area is 168 Å². The molecule has 0 aliphatic heterocycles. The van der Waals surface area contributed by atoms with E-state index in [1.807, 2.05) is 6.92 Å². The van der Waals surface area contributed by atoms with E-state index < -0.39 is 5.60 Å². The molecule has 160 valence electrons. The normalized spacial score (nSPS) is 16.1. The molecule has 0 aromatic carbocycles. The molecule has 0 aromatic rings. The average molecular weight is 383 g/mol. The molecule has 0 radical (unpaired) electrons. The van der Waals surface area contributed by atoms with Crippen LogP contribution in [0.25, 0.3) is 0 Å². The van der Waals surface area contributed by atoms with Crippen molar-refractivity contribution in [3.63, 3.8) is 0 Å². The fourth-order valence-electron chi connectivity index (χ4n) is 3.71. The van der Waals surface area contributed by atoms with Gasteiger partial charge in [0.05, 0.1) is 12.0 Å². The molecule has 1 N–H and O–H groups in total. The Bertz CT molecular complexity index is 412. The highest BCUT2D eigenvalue weighted by atomic mass is 16.3. The SMILES string of the molecule is CC(=O)CC(=O)CCC(C)(O)CCCC(C)CCCC(C)CCCC(C)C. The predicted molar refractivity (Wildman–Crippen MR) is 115 cm³/mol. The third-order valence-corrected chi connectivity index (χ3v) is 5.67. The second-order valence-corrected chi connectivity index (χ2v) is 9.77. The number of aliphatic hydroxyl groups is 1. The first-order chi connectivity index (χ1) is 12.5. The number of hydrogen-bond donors (Lipinski definition) is 1. The van der Waals surface area contributed by atoms with Crippen LogP contribution in [0.15, 0.2) is 0 Å². The zero-order valence-electron chi connectivity index (χ0n) is 19.0. The highest BCUT2D eigenvalue weighted by Gasteiger charge is 2.21. The fourth-order valence-corrected chi connectivity index (χ4v) is 3.71. The summed E-state index contributed by atoms with van der Waals surface area (Å²) in [6.45, 7) is 12.5. The van der Waals surface area contributed by atoms with E-state index in [1.165, 1.54) is 45.4 Å². The van der Waals surface area contributed by atoms with Crippen LogP contribution in [0.5, 0.6) is 0 Å². The maximum absolute atomic E-state index is 11.6. The van der Waals surface area contributed by atoms with Gasteiger partial charge in [-0.05, 0) is 44.4 Å². The molecule has 0 rings (SSSR count). The summed E-state index contributed by atoms with van der Waals surface area (Å²) in [7, 11) is 0. The lowest BCUT2D eigenvalue weighted by molar-refractivity contribution is -0.126. The molecule has 0 amide bonds. The van der Waals surface area contributed by atoms with Gasteiger partial charge >= 0.3 is 0 Å². The van der Waals surface area contributed by atoms with Crippen molar-refractivity contribution in [1.29, 1.82) is 0 Å². The number of Topliss-reactive ketones (excluding diaryl/α,β-unsaturated/α-hetero) is 2. The quantitative estimate of drug-likeness (QED) is 0.292. The molecule has 27 heavy (non-hydrogen) atoms. The third-order valence-electron chi connectivity index (χ3n) is 5.67. The van der Waals surface area contributed by atoms with Gasteiger partial charge < -0.3 is 5.11 Å². The van der Waals surface area contributed by atoms with Gasteiger partial charge in [-0.3, -0.25) is 9.59 Å². The van der Waals surface area contributed by atoms with E-state index in [2.05, 4.69) is 27.7 Å². The molecule has 3 heteroatoms. The summed E-state index contributed by atoms with van der Waals surface area (Å²) >= 11 is 0. The number of rotatable bonds is 17. The van der Waals surface area contributed by atoms with Gasteiger partial charge in [-0.1, -0.05) is 79.1 Å². The minimum atomic E-state index is -0.795. The first-order valence-corrected chi connectivity index (χ1v) is 11.3. The first kappa shape index (κ1) is 26.3. The summed E-state index contributed by atoms with van der Waals surface area (Å²) in [6, 6.07) is 0. The van der Waals surface area contributed by atoms with Crippen LogP contribution in [0, 0.1) is 17.8 Å². The second-order valence-electron chi connectivity index (χ2n) is 9.77. The standard InChI is InChI=1S/C24H46O3/c1-19(2)10-7-11-20(3)12-8-13-21(4)14-9-16-24(6,27)17-15-23(26)18-22(5)25/h19-21,27H,7-18H2,1-6H3. The largest absolute Gasteiger partial charge is 0.390 e.